The molecule has 2 aliphatic rings. The number of piperazine rings is 1. The van der Waals surface area contributed by atoms with Crippen LogP contribution in [0.2, 0.25) is 0 Å². The Hall–Kier alpha value is -1.56. The van der Waals surface area contributed by atoms with E-state index in [0.29, 0.717) is 18.0 Å². The van der Waals surface area contributed by atoms with E-state index >= 15 is 0 Å². The number of hydrogen-bond acceptors (Lipinski definition) is 3. The van der Waals surface area contributed by atoms with Gasteiger partial charge in [-0.05, 0) is 31.0 Å². The smallest absolute Gasteiger partial charge is 0.250 e. The molecule has 3 rings (SSSR count). The maximum atomic E-state index is 12.6. The lowest BCUT2D eigenvalue weighted by molar-refractivity contribution is -0.140. The molecule has 0 aromatic heterocycles. The normalized spacial score (nSPS) is 22.2. The zero-order chi connectivity index (χ0) is 14.3. The van der Waals surface area contributed by atoms with Crippen molar-refractivity contribution in [2.45, 2.75) is 18.9 Å². The zero-order valence-corrected chi connectivity index (χ0v) is 12.7. The Morgan fingerprint density at radius 1 is 1.35 bits per heavy atom. The highest BCUT2D eigenvalue weighted by Gasteiger charge is 2.43. The number of carbonyl (C=O) groups excluding carboxylic acids is 2. The highest BCUT2D eigenvalue weighted by Crippen LogP contribution is 2.35. The Morgan fingerprint density at radius 2 is 2.15 bits per heavy atom. The first-order valence-electron chi connectivity index (χ1n) is 6.56. The van der Waals surface area contributed by atoms with Crippen molar-refractivity contribution in [3.63, 3.8) is 0 Å². The van der Waals surface area contributed by atoms with Crippen LogP contribution in [0, 0.1) is 0 Å². The summed E-state index contributed by atoms with van der Waals surface area (Å²) >= 11 is 3.39. The van der Waals surface area contributed by atoms with Crippen LogP contribution in [0.15, 0.2) is 22.7 Å². The third-order valence-corrected chi connectivity index (χ3v) is 4.34. The van der Waals surface area contributed by atoms with Gasteiger partial charge >= 0.3 is 0 Å². The molecular weight excluding hydrogens is 324 g/mol. The van der Waals surface area contributed by atoms with Gasteiger partial charge in [-0.1, -0.05) is 15.9 Å². The molecule has 0 aliphatic carbocycles. The number of methoxy groups -OCH3 is 1. The molecule has 0 radical (unpaired) electrons. The number of nitrogens with zero attached hydrogens (tertiary/aromatic N) is 2. The number of anilines is 1. The van der Waals surface area contributed by atoms with Gasteiger partial charge in [0.2, 0.25) is 11.8 Å². The summed E-state index contributed by atoms with van der Waals surface area (Å²) in [6.07, 6.45) is 1.64. The van der Waals surface area contributed by atoms with Crippen molar-refractivity contribution < 1.29 is 14.3 Å². The predicted octanol–water partition coefficient (Wildman–Crippen LogP) is 1.80. The van der Waals surface area contributed by atoms with Crippen LogP contribution in [0.5, 0.6) is 5.75 Å². The van der Waals surface area contributed by atoms with E-state index in [1.54, 1.807) is 23.0 Å². The summed E-state index contributed by atoms with van der Waals surface area (Å²) in [5.74, 6) is 0.591. The van der Waals surface area contributed by atoms with Gasteiger partial charge in [-0.15, -0.1) is 0 Å². The van der Waals surface area contributed by atoms with Crippen LogP contribution in [0.4, 0.5) is 5.69 Å². The monoisotopic (exact) mass is 338 g/mol. The minimum absolute atomic E-state index is 0.00845. The molecule has 1 atom stereocenters. The summed E-state index contributed by atoms with van der Waals surface area (Å²) in [5, 5.41) is 0. The largest absolute Gasteiger partial charge is 0.495 e. The molecule has 2 heterocycles. The molecule has 20 heavy (non-hydrogen) atoms. The summed E-state index contributed by atoms with van der Waals surface area (Å²) < 4.78 is 6.16. The second-order valence-corrected chi connectivity index (χ2v) is 5.90. The van der Waals surface area contributed by atoms with Crippen molar-refractivity contribution in [3.8, 4) is 5.75 Å². The topological polar surface area (TPSA) is 49.9 Å². The average Bonchev–Trinajstić information content (AvgIpc) is 2.93. The number of ether oxygens (including phenoxy) is 1. The van der Waals surface area contributed by atoms with E-state index in [0.717, 1.165) is 17.3 Å². The van der Waals surface area contributed by atoms with Gasteiger partial charge < -0.3 is 9.64 Å². The first-order chi connectivity index (χ1) is 9.61. The number of halogens is 1. The molecule has 5 nitrogen and oxygen atoms in total. The number of fused-ring (bicyclic) bond motifs is 1. The molecule has 1 aromatic carbocycles. The molecule has 2 amide bonds. The van der Waals surface area contributed by atoms with E-state index in [1.807, 2.05) is 12.1 Å². The molecule has 0 bridgehead atoms. The average molecular weight is 339 g/mol. The first-order valence-corrected chi connectivity index (χ1v) is 7.35. The van der Waals surface area contributed by atoms with E-state index in [1.165, 1.54) is 0 Å². The van der Waals surface area contributed by atoms with Gasteiger partial charge in [0, 0.05) is 11.0 Å². The molecule has 2 saturated heterocycles. The molecule has 0 N–H and O–H groups in total. The van der Waals surface area contributed by atoms with E-state index in [4.69, 9.17) is 4.74 Å². The van der Waals surface area contributed by atoms with Gasteiger partial charge in [0.05, 0.1) is 12.8 Å². The summed E-state index contributed by atoms with van der Waals surface area (Å²) in [4.78, 5) is 28.0. The number of benzene rings is 1. The predicted molar refractivity (Wildman–Crippen MR) is 77.8 cm³/mol. The van der Waals surface area contributed by atoms with Crippen LogP contribution >= 0.6 is 15.9 Å². The van der Waals surface area contributed by atoms with Crippen molar-refractivity contribution in [2.75, 3.05) is 25.1 Å². The zero-order valence-electron chi connectivity index (χ0n) is 11.1. The quantitative estimate of drug-likeness (QED) is 0.826. The van der Waals surface area contributed by atoms with E-state index in [-0.39, 0.29) is 24.4 Å². The van der Waals surface area contributed by atoms with Crippen molar-refractivity contribution in [1.82, 2.24) is 4.90 Å². The lowest BCUT2D eigenvalue weighted by Crippen LogP contribution is -2.57. The number of amides is 2. The fourth-order valence-corrected chi connectivity index (χ4v) is 3.23. The molecule has 1 unspecified atom stereocenters. The molecule has 6 heteroatoms. The second-order valence-electron chi connectivity index (χ2n) is 4.99. The standard InChI is InChI=1S/C14H15BrN2O3/c1-20-12-5-4-9(15)7-11(12)17-8-13(18)16-6-2-3-10(16)14(17)19/h4-5,7,10H,2-3,6,8H2,1H3. The van der Waals surface area contributed by atoms with Gasteiger partial charge in [-0.3, -0.25) is 14.5 Å². The molecular formula is C14H15BrN2O3. The Bertz CT molecular complexity index is 576. The SMILES string of the molecule is COc1ccc(Br)cc1N1CC(=O)N2CCCC2C1=O. The molecule has 106 valence electrons. The Morgan fingerprint density at radius 3 is 2.90 bits per heavy atom. The van der Waals surface area contributed by atoms with Crippen molar-refractivity contribution in [3.05, 3.63) is 22.7 Å². The maximum absolute atomic E-state index is 12.6. The van der Waals surface area contributed by atoms with Crippen LogP contribution < -0.4 is 9.64 Å². The summed E-state index contributed by atoms with van der Waals surface area (Å²) in [5.41, 5.74) is 0.645. The number of rotatable bonds is 2. The molecule has 2 fully saturated rings. The van der Waals surface area contributed by atoms with Crippen molar-refractivity contribution in [1.29, 1.82) is 0 Å². The molecule has 2 aliphatic heterocycles. The van der Waals surface area contributed by atoms with Crippen LogP contribution in [-0.2, 0) is 9.59 Å². The van der Waals surface area contributed by atoms with Crippen LogP contribution in [0.3, 0.4) is 0 Å². The lowest BCUT2D eigenvalue weighted by atomic mass is 10.1. The minimum atomic E-state index is -0.306. The molecule has 0 saturated carbocycles. The molecule has 1 aromatic rings. The van der Waals surface area contributed by atoms with E-state index in [9.17, 15) is 9.59 Å². The first kappa shape index (κ1) is 13.4. The Labute approximate surface area is 125 Å². The van der Waals surface area contributed by atoms with Crippen molar-refractivity contribution >= 4 is 33.4 Å². The summed E-state index contributed by atoms with van der Waals surface area (Å²) in [6, 6.07) is 5.15. The molecule has 0 spiro atoms. The third kappa shape index (κ3) is 2.08. The fourth-order valence-electron chi connectivity index (χ4n) is 2.88. The van der Waals surface area contributed by atoms with Gasteiger partial charge in [0.15, 0.2) is 0 Å². The van der Waals surface area contributed by atoms with E-state index < -0.39 is 0 Å². The van der Waals surface area contributed by atoms with E-state index in [2.05, 4.69) is 15.9 Å². The van der Waals surface area contributed by atoms with Gasteiger partial charge in [-0.25, -0.2) is 0 Å². The third-order valence-electron chi connectivity index (χ3n) is 3.85. The highest BCUT2D eigenvalue weighted by atomic mass is 79.9. The second kappa shape index (κ2) is 5.09. The van der Waals surface area contributed by atoms with Crippen LogP contribution in [-0.4, -0.2) is 43.0 Å². The highest BCUT2D eigenvalue weighted by molar-refractivity contribution is 9.10. The Balaban J connectivity index is 1.99. The summed E-state index contributed by atoms with van der Waals surface area (Å²) in [7, 11) is 1.56. The number of hydrogen-bond donors (Lipinski definition) is 0. The van der Waals surface area contributed by atoms with Crippen molar-refractivity contribution in [2.24, 2.45) is 0 Å². The minimum Gasteiger partial charge on any atom is -0.495 e. The Kier molecular flexibility index (Phi) is 3.41. The lowest BCUT2D eigenvalue weighted by Gasteiger charge is -2.36. The number of carbonyl (C=O) groups is 2. The maximum Gasteiger partial charge on any atom is 0.250 e. The van der Waals surface area contributed by atoms with Gasteiger partial charge in [0.1, 0.15) is 18.3 Å². The van der Waals surface area contributed by atoms with Crippen LogP contribution in [0.25, 0.3) is 0 Å². The van der Waals surface area contributed by atoms with Gasteiger partial charge in [0.25, 0.3) is 0 Å². The fraction of sp³-hybridized carbons (Fsp3) is 0.429. The summed E-state index contributed by atoms with van der Waals surface area (Å²) in [6.45, 7) is 0.779. The van der Waals surface area contributed by atoms with Gasteiger partial charge in [-0.2, -0.15) is 0 Å². The van der Waals surface area contributed by atoms with Crippen LogP contribution in [0.1, 0.15) is 12.8 Å².